The highest BCUT2D eigenvalue weighted by Crippen LogP contribution is 2.31. The Hall–Kier alpha value is -2.26. The van der Waals surface area contributed by atoms with Crippen LogP contribution in [0.3, 0.4) is 0 Å². The summed E-state index contributed by atoms with van der Waals surface area (Å²) in [6, 6.07) is 5.67. The van der Waals surface area contributed by atoms with E-state index in [0.29, 0.717) is 17.5 Å². The lowest BCUT2D eigenvalue weighted by Crippen LogP contribution is -2.35. The number of nitrogens with one attached hydrogen (secondary N) is 1. The Bertz CT molecular complexity index is 851. The summed E-state index contributed by atoms with van der Waals surface area (Å²) in [5.74, 6) is -0.673. The van der Waals surface area contributed by atoms with Gasteiger partial charge in [-0.2, -0.15) is 4.98 Å². The molecule has 7 nitrogen and oxygen atoms in total. The van der Waals surface area contributed by atoms with Crippen LogP contribution in [0.25, 0.3) is 12.2 Å². The van der Waals surface area contributed by atoms with Gasteiger partial charge in [0.15, 0.2) is 0 Å². The third-order valence-corrected chi connectivity index (χ3v) is 4.90. The maximum absolute atomic E-state index is 13.8. The van der Waals surface area contributed by atoms with Crippen molar-refractivity contribution in [1.29, 1.82) is 0 Å². The normalized spacial score (nSPS) is 25.2. The van der Waals surface area contributed by atoms with E-state index in [4.69, 9.17) is 17.3 Å². The van der Waals surface area contributed by atoms with Gasteiger partial charge in [0.2, 0.25) is 5.95 Å². The van der Waals surface area contributed by atoms with Crippen LogP contribution < -0.4 is 11.1 Å². The first kappa shape index (κ1) is 19.5. The van der Waals surface area contributed by atoms with Crippen molar-refractivity contribution < 1.29 is 19.7 Å². The molecule has 6 N–H and O–H groups in total. The topological polar surface area (TPSA) is 125 Å². The van der Waals surface area contributed by atoms with Gasteiger partial charge in [-0.05, 0) is 18.6 Å². The lowest BCUT2D eigenvalue weighted by Gasteiger charge is -2.20. The van der Waals surface area contributed by atoms with E-state index < -0.39 is 30.0 Å². The van der Waals surface area contributed by atoms with Crippen molar-refractivity contribution in [2.75, 3.05) is 17.7 Å². The van der Waals surface area contributed by atoms with Gasteiger partial charge in [-0.3, -0.25) is 0 Å². The first-order chi connectivity index (χ1) is 12.9. The van der Waals surface area contributed by atoms with E-state index in [0.717, 1.165) is 0 Å². The summed E-state index contributed by atoms with van der Waals surface area (Å²) in [4.78, 5) is 8.02. The zero-order valence-corrected chi connectivity index (χ0v) is 15.0. The fourth-order valence-electron chi connectivity index (χ4n) is 3.12. The summed E-state index contributed by atoms with van der Waals surface area (Å²) in [6.07, 6.45) is 1.25. The quantitative estimate of drug-likeness (QED) is 0.487. The average molecular weight is 395 g/mol. The highest BCUT2D eigenvalue weighted by atomic mass is 35.5. The molecule has 3 rings (SSSR count). The number of rotatable bonds is 5. The van der Waals surface area contributed by atoms with Crippen LogP contribution in [0.2, 0.25) is 5.15 Å². The minimum Gasteiger partial charge on any atom is -0.396 e. The zero-order valence-electron chi connectivity index (χ0n) is 14.3. The van der Waals surface area contributed by atoms with Gasteiger partial charge in [0, 0.05) is 18.1 Å². The number of aliphatic hydroxyl groups is 3. The molecule has 4 atom stereocenters. The molecule has 1 heterocycles. The molecule has 2 aromatic rings. The molecule has 0 amide bonds. The van der Waals surface area contributed by atoms with Gasteiger partial charge in [-0.15, -0.1) is 0 Å². The summed E-state index contributed by atoms with van der Waals surface area (Å²) in [7, 11) is 0. The molecule has 0 spiro atoms. The van der Waals surface area contributed by atoms with Crippen LogP contribution in [0.1, 0.15) is 17.5 Å². The molecular formula is C18H20ClFN4O3. The lowest BCUT2D eigenvalue weighted by molar-refractivity contribution is 0.00445. The van der Waals surface area contributed by atoms with Crippen LogP contribution in [-0.2, 0) is 0 Å². The number of aliphatic hydroxyl groups excluding tert-OH is 3. The number of aromatic nitrogens is 2. The number of hydrogen-bond acceptors (Lipinski definition) is 7. The second-order valence-electron chi connectivity index (χ2n) is 6.40. The minimum atomic E-state index is -1.10. The van der Waals surface area contributed by atoms with Gasteiger partial charge < -0.3 is 26.4 Å². The largest absolute Gasteiger partial charge is 0.396 e. The molecule has 0 unspecified atom stereocenters. The standard InChI is InChI=1S/C18H20ClFN4O3/c19-16-11(6-5-9-3-1-2-4-12(9)20)17(24-18(21)23-16)22-13-7-10(8-25)14(26)15(13)27/h1-6,10,13-15,25-27H,7-8H2,(H3,21,22,23,24)/b6-5+/t10-,13-,14-,15+/m1/s1. The predicted octanol–water partition coefficient (Wildman–Crippen LogP) is 1.54. The Morgan fingerprint density at radius 3 is 2.63 bits per heavy atom. The fraction of sp³-hybridized carbons (Fsp3) is 0.333. The van der Waals surface area contributed by atoms with Gasteiger partial charge in [0.1, 0.15) is 22.9 Å². The Labute approximate surface area is 160 Å². The smallest absolute Gasteiger partial charge is 0.223 e. The van der Waals surface area contributed by atoms with Crippen LogP contribution in [-0.4, -0.2) is 50.1 Å². The molecule has 9 heteroatoms. The molecule has 0 aliphatic heterocycles. The Balaban J connectivity index is 1.91. The predicted molar refractivity (Wildman–Crippen MR) is 101 cm³/mol. The maximum Gasteiger partial charge on any atom is 0.223 e. The second kappa shape index (κ2) is 8.18. The molecule has 1 aliphatic rings. The van der Waals surface area contributed by atoms with E-state index in [-0.39, 0.29) is 23.5 Å². The third kappa shape index (κ3) is 4.19. The molecule has 1 aliphatic carbocycles. The average Bonchev–Trinajstić information content (AvgIpc) is 2.90. The molecule has 1 aromatic carbocycles. The molecule has 1 aromatic heterocycles. The van der Waals surface area contributed by atoms with Crippen molar-refractivity contribution in [1.82, 2.24) is 9.97 Å². The van der Waals surface area contributed by atoms with Crippen LogP contribution in [0.15, 0.2) is 24.3 Å². The first-order valence-electron chi connectivity index (χ1n) is 8.40. The number of nitrogens with two attached hydrogens (primary N) is 1. The molecular weight excluding hydrogens is 375 g/mol. The van der Waals surface area contributed by atoms with Crippen molar-refractivity contribution in [3.8, 4) is 0 Å². The lowest BCUT2D eigenvalue weighted by atomic mass is 10.1. The van der Waals surface area contributed by atoms with Gasteiger partial charge >= 0.3 is 0 Å². The molecule has 1 fully saturated rings. The van der Waals surface area contributed by atoms with Gasteiger partial charge in [0.25, 0.3) is 0 Å². The molecule has 0 radical (unpaired) electrons. The number of nitrogen functional groups attached to an aromatic ring is 1. The van der Waals surface area contributed by atoms with Crippen molar-refractivity contribution >= 4 is 35.5 Å². The molecule has 27 heavy (non-hydrogen) atoms. The highest BCUT2D eigenvalue weighted by molar-refractivity contribution is 6.31. The van der Waals surface area contributed by atoms with E-state index in [1.807, 2.05) is 0 Å². The molecule has 144 valence electrons. The second-order valence-corrected chi connectivity index (χ2v) is 6.76. The van der Waals surface area contributed by atoms with Crippen LogP contribution >= 0.6 is 11.6 Å². The zero-order chi connectivity index (χ0) is 19.6. The number of hydrogen-bond donors (Lipinski definition) is 5. The van der Waals surface area contributed by atoms with Crippen molar-refractivity contribution in [3.05, 3.63) is 46.4 Å². The number of anilines is 2. The van der Waals surface area contributed by atoms with Gasteiger partial charge in [-0.1, -0.05) is 35.9 Å². The minimum absolute atomic E-state index is 0.0596. The van der Waals surface area contributed by atoms with Crippen molar-refractivity contribution in [2.45, 2.75) is 24.7 Å². The van der Waals surface area contributed by atoms with Crippen LogP contribution in [0, 0.1) is 11.7 Å². The number of nitrogens with zero attached hydrogens (tertiary/aromatic N) is 2. The number of halogens is 2. The molecule has 0 bridgehead atoms. The summed E-state index contributed by atoms with van der Waals surface area (Å²) in [6.45, 7) is -0.247. The summed E-state index contributed by atoms with van der Waals surface area (Å²) in [5, 5.41) is 32.5. The monoisotopic (exact) mass is 394 g/mol. The summed E-state index contributed by atoms with van der Waals surface area (Å²) in [5.41, 5.74) is 6.39. The van der Waals surface area contributed by atoms with Crippen molar-refractivity contribution in [3.63, 3.8) is 0 Å². The third-order valence-electron chi connectivity index (χ3n) is 4.61. The maximum atomic E-state index is 13.8. The first-order valence-corrected chi connectivity index (χ1v) is 8.77. The van der Waals surface area contributed by atoms with E-state index in [1.54, 1.807) is 24.3 Å². The van der Waals surface area contributed by atoms with E-state index in [2.05, 4.69) is 15.3 Å². The van der Waals surface area contributed by atoms with E-state index >= 15 is 0 Å². The Morgan fingerprint density at radius 1 is 1.22 bits per heavy atom. The van der Waals surface area contributed by atoms with Gasteiger partial charge in [-0.25, -0.2) is 9.37 Å². The molecule has 1 saturated carbocycles. The van der Waals surface area contributed by atoms with Crippen LogP contribution in [0.5, 0.6) is 0 Å². The van der Waals surface area contributed by atoms with Crippen molar-refractivity contribution in [2.24, 2.45) is 5.92 Å². The summed E-state index contributed by atoms with van der Waals surface area (Å²) >= 11 is 6.18. The van der Waals surface area contributed by atoms with E-state index in [9.17, 15) is 19.7 Å². The Morgan fingerprint density at radius 2 is 1.96 bits per heavy atom. The van der Waals surface area contributed by atoms with Gasteiger partial charge in [0.05, 0.1) is 17.7 Å². The number of benzene rings is 1. The molecule has 0 saturated heterocycles. The Kier molecular flexibility index (Phi) is 5.91. The highest BCUT2D eigenvalue weighted by Gasteiger charge is 2.41. The summed E-state index contributed by atoms with van der Waals surface area (Å²) < 4.78 is 13.8. The fourth-order valence-corrected chi connectivity index (χ4v) is 3.36. The van der Waals surface area contributed by atoms with E-state index in [1.165, 1.54) is 12.1 Å². The van der Waals surface area contributed by atoms with Crippen LogP contribution in [0.4, 0.5) is 16.2 Å². The SMILES string of the molecule is Nc1nc(Cl)c(/C=C/c2ccccc2F)c(N[C@@H]2C[C@H](CO)[C@@H](O)[C@H]2O)n1.